The van der Waals surface area contributed by atoms with Gasteiger partial charge in [0.05, 0.1) is 43.1 Å². The standard InChI is InChI=1S/C25H25N3O6/c1-26-20-18(24(30)27(2)25(26)31)19(14-8-6-5-7-9-14)28-10-11-34-23(21(20)28)15-12-16(32-3)22(29)17(13-15)33-4/h5-9,12-13,23,29H,10-11H2,1-4H3. The fourth-order valence-electron chi connectivity index (χ4n) is 4.79. The predicted molar refractivity (Wildman–Crippen MR) is 127 cm³/mol. The molecule has 0 aliphatic carbocycles. The number of ether oxygens (including phenoxy) is 3. The second-order valence-electron chi connectivity index (χ2n) is 8.21. The van der Waals surface area contributed by atoms with Gasteiger partial charge in [0.2, 0.25) is 5.75 Å². The minimum Gasteiger partial charge on any atom is -0.502 e. The van der Waals surface area contributed by atoms with Crippen LogP contribution in [0.3, 0.4) is 0 Å². The second-order valence-corrected chi connectivity index (χ2v) is 8.21. The lowest BCUT2D eigenvalue weighted by atomic mass is 10.0. The molecule has 3 heterocycles. The summed E-state index contributed by atoms with van der Waals surface area (Å²) in [5, 5.41) is 10.9. The lowest BCUT2D eigenvalue weighted by molar-refractivity contribution is 0.0475. The number of rotatable bonds is 4. The maximum Gasteiger partial charge on any atom is 0.331 e. The second kappa shape index (κ2) is 8.11. The van der Waals surface area contributed by atoms with Gasteiger partial charge >= 0.3 is 5.69 Å². The number of benzene rings is 2. The van der Waals surface area contributed by atoms with E-state index >= 15 is 0 Å². The van der Waals surface area contributed by atoms with Gasteiger partial charge in [-0.05, 0) is 23.3 Å². The Hall–Kier alpha value is -3.98. The van der Waals surface area contributed by atoms with Gasteiger partial charge in [-0.25, -0.2) is 4.79 Å². The van der Waals surface area contributed by atoms with E-state index in [1.54, 1.807) is 19.2 Å². The van der Waals surface area contributed by atoms with E-state index in [-0.39, 0.29) is 22.8 Å². The van der Waals surface area contributed by atoms with Crippen molar-refractivity contribution in [2.75, 3.05) is 20.8 Å². The van der Waals surface area contributed by atoms with Gasteiger partial charge < -0.3 is 23.9 Å². The van der Waals surface area contributed by atoms with E-state index in [0.29, 0.717) is 35.3 Å². The highest BCUT2D eigenvalue weighted by Crippen LogP contribution is 2.44. The Morgan fingerprint density at radius 3 is 2.26 bits per heavy atom. The van der Waals surface area contributed by atoms with E-state index in [9.17, 15) is 14.7 Å². The van der Waals surface area contributed by atoms with Crippen molar-refractivity contribution in [2.45, 2.75) is 12.6 Å². The fraction of sp³-hybridized carbons (Fsp3) is 0.280. The molecule has 0 bridgehead atoms. The Bertz CT molecular complexity index is 1510. The lowest BCUT2D eigenvalue weighted by Crippen LogP contribution is -2.37. The van der Waals surface area contributed by atoms with Gasteiger partial charge in [0, 0.05) is 20.6 Å². The molecule has 34 heavy (non-hydrogen) atoms. The van der Waals surface area contributed by atoms with Crippen LogP contribution in [0.1, 0.15) is 17.4 Å². The molecule has 2 aromatic carbocycles. The minimum atomic E-state index is -0.630. The molecular weight excluding hydrogens is 438 g/mol. The first-order chi connectivity index (χ1) is 16.4. The first-order valence-electron chi connectivity index (χ1n) is 10.8. The summed E-state index contributed by atoms with van der Waals surface area (Å²) in [7, 11) is 6.06. The number of phenols is 1. The van der Waals surface area contributed by atoms with Crippen molar-refractivity contribution in [1.82, 2.24) is 13.7 Å². The fourth-order valence-corrected chi connectivity index (χ4v) is 4.79. The lowest BCUT2D eigenvalue weighted by Gasteiger charge is -2.28. The average Bonchev–Trinajstić information content (AvgIpc) is 3.22. The van der Waals surface area contributed by atoms with Crippen molar-refractivity contribution in [1.29, 1.82) is 0 Å². The van der Waals surface area contributed by atoms with Crippen LogP contribution in [-0.4, -0.2) is 39.6 Å². The summed E-state index contributed by atoms with van der Waals surface area (Å²) in [6.07, 6.45) is -0.630. The third-order valence-electron chi connectivity index (χ3n) is 6.40. The summed E-state index contributed by atoms with van der Waals surface area (Å²) in [5.41, 5.74) is 2.70. The van der Waals surface area contributed by atoms with Crippen molar-refractivity contribution in [3.05, 3.63) is 74.6 Å². The van der Waals surface area contributed by atoms with Crippen LogP contribution in [0.2, 0.25) is 0 Å². The highest BCUT2D eigenvalue weighted by molar-refractivity contribution is 5.96. The zero-order valence-corrected chi connectivity index (χ0v) is 19.4. The maximum atomic E-state index is 13.4. The number of methoxy groups -OCH3 is 2. The third-order valence-corrected chi connectivity index (χ3v) is 6.40. The average molecular weight is 463 g/mol. The summed E-state index contributed by atoms with van der Waals surface area (Å²) < 4.78 is 21.6. The topological polar surface area (TPSA) is 96.9 Å². The van der Waals surface area contributed by atoms with Gasteiger partial charge in [0.25, 0.3) is 5.56 Å². The Labute approximate surface area is 195 Å². The molecule has 9 heteroatoms. The van der Waals surface area contributed by atoms with Crippen molar-refractivity contribution in [2.24, 2.45) is 14.1 Å². The Kier molecular flexibility index (Phi) is 5.21. The Balaban J connectivity index is 1.91. The van der Waals surface area contributed by atoms with Crippen molar-refractivity contribution >= 4 is 10.9 Å². The van der Waals surface area contributed by atoms with Crippen LogP contribution in [0, 0.1) is 0 Å². The molecule has 1 atom stereocenters. The number of aromatic nitrogens is 3. The van der Waals surface area contributed by atoms with Gasteiger partial charge in [-0.3, -0.25) is 13.9 Å². The van der Waals surface area contributed by atoms with Gasteiger partial charge in [-0.1, -0.05) is 30.3 Å². The zero-order chi connectivity index (χ0) is 24.1. The molecular formula is C25H25N3O6. The summed E-state index contributed by atoms with van der Waals surface area (Å²) in [4.78, 5) is 26.4. The number of aryl methyl sites for hydroxylation is 1. The molecule has 176 valence electrons. The summed E-state index contributed by atoms with van der Waals surface area (Å²) in [6, 6.07) is 13.0. The number of phenolic OH excluding ortho intramolecular Hbond substituents is 1. The zero-order valence-electron chi connectivity index (χ0n) is 19.4. The number of aromatic hydroxyl groups is 1. The molecule has 2 aromatic heterocycles. The molecule has 0 saturated heterocycles. The molecule has 0 amide bonds. The number of nitrogens with zero attached hydrogens (tertiary/aromatic N) is 3. The molecule has 5 rings (SSSR count). The van der Waals surface area contributed by atoms with Crippen LogP contribution in [0.15, 0.2) is 52.1 Å². The molecule has 0 saturated carbocycles. The van der Waals surface area contributed by atoms with Crippen LogP contribution in [0.25, 0.3) is 22.2 Å². The van der Waals surface area contributed by atoms with Crippen molar-refractivity contribution < 1.29 is 19.3 Å². The molecule has 1 N–H and O–H groups in total. The van der Waals surface area contributed by atoms with E-state index in [1.807, 2.05) is 30.3 Å². The van der Waals surface area contributed by atoms with Gasteiger partial charge in [-0.2, -0.15) is 0 Å². The molecule has 0 fully saturated rings. The largest absolute Gasteiger partial charge is 0.502 e. The molecule has 0 radical (unpaired) electrons. The molecule has 4 aromatic rings. The van der Waals surface area contributed by atoms with E-state index in [0.717, 1.165) is 15.8 Å². The van der Waals surface area contributed by atoms with Crippen molar-refractivity contribution in [3.8, 4) is 28.5 Å². The summed E-state index contributed by atoms with van der Waals surface area (Å²) >= 11 is 0. The third kappa shape index (κ3) is 3.04. The maximum absolute atomic E-state index is 13.4. The molecule has 1 aliphatic rings. The van der Waals surface area contributed by atoms with Crippen LogP contribution < -0.4 is 20.7 Å². The number of hydrogen-bond donors (Lipinski definition) is 1. The normalized spacial score (nSPS) is 15.4. The van der Waals surface area contributed by atoms with Crippen LogP contribution >= 0.6 is 0 Å². The van der Waals surface area contributed by atoms with Crippen LogP contribution in [0.4, 0.5) is 0 Å². The highest BCUT2D eigenvalue weighted by Gasteiger charge is 2.34. The van der Waals surface area contributed by atoms with E-state index in [2.05, 4.69) is 4.57 Å². The number of fused-ring (bicyclic) bond motifs is 3. The first-order valence-corrected chi connectivity index (χ1v) is 10.8. The van der Waals surface area contributed by atoms with E-state index in [1.165, 1.54) is 25.8 Å². The van der Waals surface area contributed by atoms with Gasteiger partial charge in [0.15, 0.2) is 11.5 Å². The van der Waals surface area contributed by atoms with Crippen molar-refractivity contribution in [3.63, 3.8) is 0 Å². The molecule has 1 aliphatic heterocycles. The Morgan fingerprint density at radius 1 is 1.00 bits per heavy atom. The minimum absolute atomic E-state index is 0.115. The van der Waals surface area contributed by atoms with E-state index in [4.69, 9.17) is 14.2 Å². The van der Waals surface area contributed by atoms with Crippen LogP contribution in [-0.2, 0) is 25.4 Å². The molecule has 0 spiro atoms. The monoisotopic (exact) mass is 463 g/mol. The molecule has 9 nitrogen and oxygen atoms in total. The van der Waals surface area contributed by atoms with E-state index < -0.39 is 11.8 Å². The Morgan fingerprint density at radius 2 is 1.65 bits per heavy atom. The quantitative estimate of drug-likeness (QED) is 0.500. The number of hydrogen-bond acceptors (Lipinski definition) is 6. The highest BCUT2D eigenvalue weighted by atomic mass is 16.5. The van der Waals surface area contributed by atoms with Crippen LogP contribution in [0.5, 0.6) is 17.2 Å². The summed E-state index contributed by atoms with van der Waals surface area (Å²) in [5.74, 6) is 0.356. The predicted octanol–water partition coefficient (Wildman–Crippen LogP) is 2.55. The van der Waals surface area contributed by atoms with Gasteiger partial charge in [0.1, 0.15) is 6.10 Å². The SMILES string of the molecule is COc1cc(C2OCCn3c(-c4ccccc4)c4c(=O)n(C)c(=O)n(C)c4c32)cc(OC)c1O. The summed E-state index contributed by atoms with van der Waals surface area (Å²) in [6.45, 7) is 0.896. The smallest absolute Gasteiger partial charge is 0.331 e. The molecule has 1 unspecified atom stereocenters. The first kappa shape index (κ1) is 21.8. The van der Waals surface area contributed by atoms with Gasteiger partial charge in [-0.15, -0.1) is 0 Å².